The predicted molar refractivity (Wildman–Crippen MR) is 143 cm³/mol. The predicted octanol–water partition coefficient (Wildman–Crippen LogP) is 7.47. The second-order valence-corrected chi connectivity index (χ2v) is 9.22. The van der Waals surface area contributed by atoms with Gasteiger partial charge >= 0.3 is 6.18 Å². The van der Waals surface area contributed by atoms with E-state index >= 15 is 0 Å². The quantitative estimate of drug-likeness (QED) is 0.119. The van der Waals surface area contributed by atoms with Crippen LogP contribution in [0.25, 0.3) is 11.5 Å². The Morgan fingerprint density at radius 2 is 1.70 bits per heavy atom. The number of carbonyl (C=O) groups excluding carboxylic acids is 1. The first-order valence-electron chi connectivity index (χ1n) is 12.7. The van der Waals surface area contributed by atoms with Crippen LogP contribution in [0.5, 0.6) is 5.75 Å². The number of nitrogens with zero attached hydrogens (tertiary/aromatic N) is 1. The molecule has 208 valence electrons. The highest BCUT2D eigenvalue weighted by molar-refractivity contribution is 6.04. The molecule has 0 spiro atoms. The van der Waals surface area contributed by atoms with E-state index in [2.05, 4.69) is 10.3 Å². The van der Waals surface area contributed by atoms with Crippen LogP contribution in [0.2, 0.25) is 0 Å². The lowest BCUT2D eigenvalue weighted by molar-refractivity contribution is -0.0977. The number of nitrogens with one attached hydrogen (secondary N) is 1. The van der Waals surface area contributed by atoms with Gasteiger partial charge in [0, 0.05) is 29.7 Å². The Bertz CT molecular complexity index is 1440. The largest absolute Gasteiger partial charge is 0.487 e. The maximum absolute atomic E-state index is 13.6. The van der Waals surface area contributed by atoms with E-state index in [4.69, 9.17) is 9.15 Å². The zero-order valence-corrected chi connectivity index (χ0v) is 22.0. The van der Waals surface area contributed by atoms with E-state index in [1.165, 1.54) is 24.3 Å². The number of hydrogen-bond acceptors (Lipinski definition) is 5. The minimum absolute atomic E-state index is 0.153. The van der Waals surface area contributed by atoms with Gasteiger partial charge in [0.05, 0.1) is 0 Å². The lowest BCUT2D eigenvalue weighted by Gasteiger charge is -2.20. The summed E-state index contributed by atoms with van der Waals surface area (Å²) in [6.45, 7) is 3.70. The third-order valence-corrected chi connectivity index (χ3v) is 6.07. The van der Waals surface area contributed by atoms with Gasteiger partial charge in [-0.2, -0.15) is 13.2 Å². The van der Waals surface area contributed by atoms with Crippen molar-refractivity contribution >= 4 is 5.78 Å². The molecule has 0 bridgehead atoms. The van der Waals surface area contributed by atoms with Crippen molar-refractivity contribution in [2.45, 2.75) is 45.5 Å². The summed E-state index contributed by atoms with van der Waals surface area (Å²) in [6, 6.07) is 20.1. The number of benzene rings is 3. The minimum Gasteiger partial charge on any atom is -0.487 e. The second-order valence-electron chi connectivity index (χ2n) is 9.22. The van der Waals surface area contributed by atoms with Crippen molar-refractivity contribution in [3.63, 3.8) is 0 Å². The summed E-state index contributed by atoms with van der Waals surface area (Å²) in [5.74, 6) is 0.526. The number of aromatic nitrogens is 1. The van der Waals surface area contributed by atoms with E-state index in [0.29, 0.717) is 41.2 Å². The molecule has 40 heavy (non-hydrogen) atoms. The van der Waals surface area contributed by atoms with Gasteiger partial charge in [-0.1, -0.05) is 49.4 Å². The average molecular weight is 553 g/mol. The van der Waals surface area contributed by atoms with Crippen molar-refractivity contribution in [1.29, 1.82) is 0 Å². The molecule has 0 radical (unpaired) electrons. The molecule has 1 aromatic heterocycles. The van der Waals surface area contributed by atoms with Crippen LogP contribution >= 0.6 is 0 Å². The van der Waals surface area contributed by atoms with Crippen molar-refractivity contribution in [3.05, 3.63) is 119 Å². The zero-order valence-electron chi connectivity index (χ0n) is 22.0. The van der Waals surface area contributed by atoms with Crippen LogP contribution in [0.3, 0.4) is 0 Å². The van der Waals surface area contributed by atoms with Gasteiger partial charge in [-0.05, 0) is 55.3 Å². The fourth-order valence-corrected chi connectivity index (χ4v) is 4.05. The Labute approximate surface area is 229 Å². The summed E-state index contributed by atoms with van der Waals surface area (Å²) in [6.07, 6.45) is -3.22. The maximum Gasteiger partial charge on any atom is 0.431 e. The molecule has 0 unspecified atom stereocenters. The highest BCUT2D eigenvalue weighted by Gasteiger charge is 2.35. The lowest BCUT2D eigenvalue weighted by atomic mass is 10.1. The zero-order chi connectivity index (χ0) is 28.7. The molecular formula is C31H28F4N2O3. The first kappa shape index (κ1) is 28.6. The standard InChI is InChI=1S/C31H28F4N2O3/c1-3-28-26(37-30(40-28)23-11-13-24(32)14-12-23)19-39-25-15-9-21(10-16-25)17-20(2)36-29(31(33,34)35)18-27(38)22-7-5-4-6-8-22/h4-16,18,20,36H,3,17,19H2,1-2H3/b29-18-/t20-/m0/s1. The molecule has 1 atom stereocenters. The molecule has 0 aliphatic rings. The number of ketones is 1. The molecule has 0 amide bonds. The Hall–Kier alpha value is -4.40. The van der Waals surface area contributed by atoms with Gasteiger partial charge in [0.1, 0.15) is 35.3 Å². The molecule has 0 fully saturated rings. The summed E-state index contributed by atoms with van der Waals surface area (Å²) < 4.78 is 65.8. The first-order valence-corrected chi connectivity index (χ1v) is 12.7. The number of alkyl halides is 3. The Kier molecular flexibility index (Phi) is 9.04. The average Bonchev–Trinajstić information content (AvgIpc) is 3.36. The number of aryl methyl sites for hydroxylation is 1. The molecule has 0 aliphatic carbocycles. The van der Waals surface area contributed by atoms with Gasteiger partial charge < -0.3 is 14.5 Å². The van der Waals surface area contributed by atoms with E-state index in [1.54, 1.807) is 61.5 Å². The number of allylic oxidation sites excluding steroid dienone is 2. The third kappa shape index (κ3) is 7.59. The summed E-state index contributed by atoms with van der Waals surface area (Å²) in [5.41, 5.74) is 1.16. The molecule has 3 aromatic carbocycles. The molecule has 0 aliphatic heterocycles. The summed E-state index contributed by atoms with van der Waals surface area (Å²) in [4.78, 5) is 16.8. The molecule has 4 aromatic rings. The van der Waals surface area contributed by atoms with Crippen molar-refractivity contribution < 1.29 is 31.5 Å². The monoisotopic (exact) mass is 552 g/mol. The van der Waals surface area contributed by atoms with Crippen LogP contribution in [-0.2, 0) is 19.4 Å². The molecule has 9 heteroatoms. The molecular weight excluding hydrogens is 524 g/mol. The minimum atomic E-state index is -4.70. The Balaban J connectivity index is 1.36. The highest BCUT2D eigenvalue weighted by atomic mass is 19.4. The topological polar surface area (TPSA) is 64.4 Å². The van der Waals surface area contributed by atoms with Gasteiger partial charge in [-0.3, -0.25) is 4.79 Å². The fraction of sp³-hybridized carbons (Fsp3) is 0.226. The number of rotatable bonds is 11. The molecule has 1 N–H and O–H groups in total. The van der Waals surface area contributed by atoms with E-state index in [1.807, 2.05) is 6.92 Å². The van der Waals surface area contributed by atoms with E-state index in [9.17, 15) is 22.4 Å². The number of ether oxygens (including phenoxy) is 1. The maximum atomic E-state index is 13.6. The molecule has 0 saturated carbocycles. The first-order chi connectivity index (χ1) is 19.1. The highest BCUT2D eigenvalue weighted by Crippen LogP contribution is 2.26. The van der Waals surface area contributed by atoms with Crippen LogP contribution in [0.1, 0.15) is 41.2 Å². The SMILES string of the molecule is CCc1oc(-c2ccc(F)cc2)nc1COc1ccc(C[C@H](C)N/C(=C\C(=O)c2ccccc2)C(F)(F)F)cc1. The number of hydrogen-bond donors (Lipinski definition) is 1. The van der Waals surface area contributed by atoms with Crippen molar-refractivity contribution in [2.75, 3.05) is 0 Å². The van der Waals surface area contributed by atoms with Gasteiger partial charge in [0.15, 0.2) is 5.78 Å². The van der Waals surface area contributed by atoms with E-state index in [0.717, 1.165) is 5.56 Å². The molecule has 0 saturated heterocycles. The fourth-order valence-electron chi connectivity index (χ4n) is 4.05. The molecule has 4 rings (SSSR count). The van der Waals surface area contributed by atoms with Crippen molar-refractivity contribution in [2.24, 2.45) is 0 Å². The smallest absolute Gasteiger partial charge is 0.431 e. The Morgan fingerprint density at radius 1 is 1.02 bits per heavy atom. The van der Waals surface area contributed by atoms with Crippen LogP contribution in [0, 0.1) is 5.82 Å². The van der Waals surface area contributed by atoms with Crippen molar-refractivity contribution in [3.8, 4) is 17.2 Å². The van der Waals surface area contributed by atoms with E-state index < -0.39 is 23.7 Å². The van der Waals surface area contributed by atoms with Crippen LogP contribution in [0.15, 0.2) is 95.1 Å². The normalized spacial score (nSPS) is 12.7. The summed E-state index contributed by atoms with van der Waals surface area (Å²) in [5, 5.41) is 2.44. The number of halogens is 4. The van der Waals surface area contributed by atoms with Crippen molar-refractivity contribution in [1.82, 2.24) is 10.3 Å². The summed E-state index contributed by atoms with van der Waals surface area (Å²) >= 11 is 0. The van der Waals surface area contributed by atoms with Gasteiger partial charge in [-0.15, -0.1) is 0 Å². The number of oxazole rings is 1. The lowest BCUT2D eigenvalue weighted by Crippen LogP contribution is -2.35. The van der Waals surface area contributed by atoms with Gasteiger partial charge in [0.25, 0.3) is 0 Å². The molecule has 1 heterocycles. The van der Waals surface area contributed by atoms with Crippen LogP contribution in [-0.4, -0.2) is 23.0 Å². The number of carbonyl (C=O) groups is 1. The van der Waals surface area contributed by atoms with Crippen LogP contribution in [0.4, 0.5) is 17.6 Å². The van der Waals surface area contributed by atoms with E-state index in [-0.39, 0.29) is 24.4 Å². The van der Waals surface area contributed by atoms with Gasteiger partial charge in [0.2, 0.25) is 5.89 Å². The summed E-state index contributed by atoms with van der Waals surface area (Å²) in [7, 11) is 0. The molecule has 5 nitrogen and oxygen atoms in total. The Morgan fingerprint density at radius 3 is 2.33 bits per heavy atom. The van der Waals surface area contributed by atoms with Crippen LogP contribution < -0.4 is 10.1 Å². The second kappa shape index (κ2) is 12.6. The third-order valence-electron chi connectivity index (χ3n) is 6.07. The van der Waals surface area contributed by atoms with Gasteiger partial charge in [-0.25, -0.2) is 9.37 Å².